The van der Waals surface area contributed by atoms with Crippen molar-refractivity contribution in [2.24, 2.45) is 0 Å². The van der Waals surface area contributed by atoms with E-state index in [0.29, 0.717) is 12.4 Å². The SMILES string of the molecule is CCCNc1ccc(S(=O)(=O)NCc2cscc2C)cn1. The molecule has 0 saturated heterocycles. The molecule has 5 nitrogen and oxygen atoms in total. The second kappa shape index (κ2) is 7.02. The summed E-state index contributed by atoms with van der Waals surface area (Å²) >= 11 is 1.57. The summed E-state index contributed by atoms with van der Waals surface area (Å²) in [5.74, 6) is 0.685. The highest BCUT2D eigenvalue weighted by Gasteiger charge is 2.14. The molecule has 0 bridgehead atoms. The Bertz CT molecular complexity index is 678. The standard InChI is InChI=1S/C14H19N3O2S2/c1-3-6-15-14-5-4-13(8-16-14)21(18,19)17-7-12-10-20-9-11(12)2/h4-5,8-10,17H,3,6-7H2,1-2H3,(H,15,16). The lowest BCUT2D eigenvalue weighted by Gasteiger charge is -2.08. The number of hydrogen-bond donors (Lipinski definition) is 2. The fourth-order valence-corrected chi connectivity index (χ4v) is 3.53. The summed E-state index contributed by atoms with van der Waals surface area (Å²) in [5, 5.41) is 7.06. The topological polar surface area (TPSA) is 71.1 Å². The number of aryl methyl sites for hydroxylation is 1. The monoisotopic (exact) mass is 325 g/mol. The van der Waals surface area contributed by atoms with Crippen molar-refractivity contribution in [3.05, 3.63) is 40.2 Å². The van der Waals surface area contributed by atoms with E-state index < -0.39 is 10.0 Å². The van der Waals surface area contributed by atoms with Crippen molar-refractivity contribution in [1.82, 2.24) is 9.71 Å². The number of rotatable bonds is 7. The van der Waals surface area contributed by atoms with Crippen molar-refractivity contribution in [2.75, 3.05) is 11.9 Å². The molecule has 2 aromatic rings. The summed E-state index contributed by atoms with van der Waals surface area (Å²) in [6.07, 6.45) is 2.37. The molecule has 21 heavy (non-hydrogen) atoms. The Kier molecular flexibility index (Phi) is 5.33. The van der Waals surface area contributed by atoms with E-state index in [0.717, 1.165) is 24.1 Å². The third-order valence-electron chi connectivity index (χ3n) is 3.02. The Morgan fingerprint density at radius 3 is 2.67 bits per heavy atom. The van der Waals surface area contributed by atoms with E-state index in [-0.39, 0.29) is 4.90 Å². The first-order chi connectivity index (χ1) is 10.0. The molecule has 7 heteroatoms. The van der Waals surface area contributed by atoms with E-state index in [9.17, 15) is 8.42 Å². The number of nitrogens with zero attached hydrogens (tertiary/aromatic N) is 1. The summed E-state index contributed by atoms with van der Waals surface area (Å²) in [7, 11) is -3.53. The van der Waals surface area contributed by atoms with Crippen LogP contribution in [0.1, 0.15) is 24.5 Å². The number of pyridine rings is 1. The zero-order valence-electron chi connectivity index (χ0n) is 12.1. The fraction of sp³-hybridized carbons (Fsp3) is 0.357. The molecule has 2 N–H and O–H groups in total. The van der Waals surface area contributed by atoms with Crippen LogP contribution in [0.5, 0.6) is 0 Å². The maximum absolute atomic E-state index is 12.2. The lowest BCUT2D eigenvalue weighted by molar-refractivity contribution is 0.581. The molecule has 2 aromatic heterocycles. The van der Waals surface area contributed by atoms with Gasteiger partial charge in [0.2, 0.25) is 10.0 Å². The van der Waals surface area contributed by atoms with Crippen LogP contribution in [0.15, 0.2) is 34.0 Å². The van der Waals surface area contributed by atoms with Crippen molar-refractivity contribution >= 4 is 27.2 Å². The number of anilines is 1. The minimum Gasteiger partial charge on any atom is -0.370 e. The van der Waals surface area contributed by atoms with Crippen molar-refractivity contribution in [2.45, 2.75) is 31.7 Å². The Morgan fingerprint density at radius 1 is 1.29 bits per heavy atom. The first-order valence-electron chi connectivity index (χ1n) is 6.74. The highest BCUT2D eigenvalue weighted by molar-refractivity contribution is 7.89. The van der Waals surface area contributed by atoms with Gasteiger partial charge < -0.3 is 5.32 Å². The van der Waals surface area contributed by atoms with Crippen LogP contribution in [-0.4, -0.2) is 19.9 Å². The van der Waals surface area contributed by atoms with E-state index in [1.54, 1.807) is 23.5 Å². The third kappa shape index (κ3) is 4.26. The van der Waals surface area contributed by atoms with Crippen LogP contribution < -0.4 is 10.0 Å². The van der Waals surface area contributed by atoms with Gasteiger partial charge in [0.05, 0.1) is 0 Å². The predicted octanol–water partition coefficient (Wildman–Crippen LogP) is 2.75. The van der Waals surface area contributed by atoms with Gasteiger partial charge in [-0.25, -0.2) is 18.1 Å². The maximum atomic E-state index is 12.2. The Labute approximate surface area is 129 Å². The van der Waals surface area contributed by atoms with Gasteiger partial charge in [-0.15, -0.1) is 0 Å². The minimum atomic E-state index is -3.53. The number of aromatic nitrogens is 1. The molecule has 0 amide bonds. The maximum Gasteiger partial charge on any atom is 0.242 e. The van der Waals surface area contributed by atoms with Crippen molar-refractivity contribution < 1.29 is 8.42 Å². The van der Waals surface area contributed by atoms with E-state index >= 15 is 0 Å². The quantitative estimate of drug-likeness (QED) is 0.821. The lowest BCUT2D eigenvalue weighted by atomic mass is 10.2. The van der Waals surface area contributed by atoms with E-state index in [1.807, 2.05) is 17.7 Å². The number of nitrogens with one attached hydrogen (secondary N) is 2. The van der Waals surface area contributed by atoms with Gasteiger partial charge in [0.25, 0.3) is 0 Å². The molecule has 0 unspecified atom stereocenters. The minimum absolute atomic E-state index is 0.178. The highest BCUT2D eigenvalue weighted by atomic mass is 32.2. The zero-order valence-corrected chi connectivity index (χ0v) is 13.7. The molecule has 0 aromatic carbocycles. The lowest BCUT2D eigenvalue weighted by Crippen LogP contribution is -2.23. The Morgan fingerprint density at radius 2 is 2.10 bits per heavy atom. The molecule has 0 aliphatic heterocycles. The second-order valence-electron chi connectivity index (χ2n) is 4.71. The molecule has 2 rings (SSSR count). The first-order valence-corrected chi connectivity index (χ1v) is 9.17. The second-order valence-corrected chi connectivity index (χ2v) is 7.22. The van der Waals surface area contributed by atoms with Crippen LogP contribution in [0.4, 0.5) is 5.82 Å². The summed E-state index contributed by atoms with van der Waals surface area (Å²) in [6.45, 7) is 5.14. The van der Waals surface area contributed by atoms with Crippen LogP contribution >= 0.6 is 11.3 Å². The van der Waals surface area contributed by atoms with E-state index in [1.165, 1.54) is 6.20 Å². The average Bonchev–Trinajstić information content (AvgIpc) is 2.89. The van der Waals surface area contributed by atoms with Gasteiger partial charge in [0.1, 0.15) is 10.7 Å². The number of thiophene rings is 1. The molecule has 0 radical (unpaired) electrons. The van der Waals surface area contributed by atoms with Crippen LogP contribution in [0.25, 0.3) is 0 Å². The van der Waals surface area contributed by atoms with Crippen LogP contribution in [0.2, 0.25) is 0 Å². The normalized spacial score (nSPS) is 11.5. The average molecular weight is 325 g/mol. The predicted molar refractivity (Wildman–Crippen MR) is 86.1 cm³/mol. The van der Waals surface area contributed by atoms with Crippen molar-refractivity contribution in [3.63, 3.8) is 0 Å². The van der Waals surface area contributed by atoms with Gasteiger partial charge in [-0.1, -0.05) is 6.92 Å². The van der Waals surface area contributed by atoms with Crippen LogP contribution in [-0.2, 0) is 16.6 Å². The molecular formula is C14H19N3O2S2. The van der Waals surface area contributed by atoms with E-state index in [2.05, 4.69) is 21.9 Å². The summed E-state index contributed by atoms with van der Waals surface area (Å²) in [5.41, 5.74) is 2.10. The molecule has 0 aliphatic carbocycles. The number of hydrogen-bond acceptors (Lipinski definition) is 5. The third-order valence-corrected chi connectivity index (χ3v) is 5.31. The molecule has 0 saturated carbocycles. The first kappa shape index (κ1) is 15.9. The zero-order chi connectivity index (χ0) is 15.3. The van der Waals surface area contributed by atoms with E-state index in [4.69, 9.17) is 0 Å². The largest absolute Gasteiger partial charge is 0.370 e. The smallest absolute Gasteiger partial charge is 0.242 e. The van der Waals surface area contributed by atoms with Crippen LogP contribution in [0.3, 0.4) is 0 Å². The fourth-order valence-electron chi connectivity index (χ4n) is 1.72. The van der Waals surface area contributed by atoms with Gasteiger partial charge in [-0.2, -0.15) is 11.3 Å². The highest BCUT2D eigenvalue weighted by Crippen LogP contribution is 2.15. The molecule has 0 spiro atoms. The summed E-state index contributed by atoms with van der Waals surface area (Å²) in [6, 6.07) is 3.24. The van der Waals surface area contributed by atoms with Crippen molar-refractivity contribution in [1.29, 1.82) is 0 Å². The molecule has 0 aliphatic rings. The van der Waals surface area contributed by atoms with Gasteiger partial charge in [0, 0.05) is 19.3 Å². The van der Waals surface area contributed by atoms with Gasteiger partial charge in [-0.3, -0.25) is 0 Å². The van der Waals surface area contributed by atoms with Gasteiger partial charge in [0.15, 0.2) is 0 Å². The Hall–Kier alpha value is -1.44. The molecule has 2 heterocycles. The molecule has 0 fully saturated rings. The summed E-state index contributed by atoms with van der Waals surface area (Å²) in [4.78, 5) is 4.29. The molecular weight excluding hydrogens is 306 g/mol. The van der Waals surface area contributed by atoms with Crippen molar-refractivity contribution in [3.8, 4) is 0 Å². The summed E-state index contributed by atoms with van der Waals surface area (Å²) < 4.78 is 27.0. The van der Waals surface area contributed by atoms with Crippen LogP contribution in [0, 0.1) is 6.92 Å². The molecule has 0 atom stereocenters. The van der Waals surface area contributed by atoms with Gasteiger partial charge >= 0.3 is 0 Å². The molecule has 114 valence electrons. The number of sulfonamides is 1. The Balaban J connectivity index is 2.03. The van der Waals surface area contributed by atoms with Gasteiger partial charge in [-0.05, 0) is 47.4 Å².